The third-order valence-corrected chi connectivity index (χ3v) is 5.92. The lowest BCUT2D eigenvalue weighted by molar-refractivity contribution is 0.0601. The molecule has 1 fully saturated rings. The second-order valence-corrected chi connectivity index (χ2v) is 7.94. The van der Waals surface area contributed by atoms with Crippen LogP contribution in [0.4, 0.5) is 5.69 Å². The van der Waals surface area contributed by atoms with E-state index in [1.807, 2.05) is 24.3 Å². The van der Waals surface area contributed by atoms with Gasteiger partial charge >= 0.3 is 5.97 Å². The van der Waals surface area contributed by atoms with Gasteiger partial charge in [0.05, 0.1) is 23.9 Å². The number of nitrogens with one attached hydrogen (secondary N) is 2. The largest absolute Gasteiger partial charge is 0.494 e. The molecule has 3 heterocycles. The van der Waals surface area contributed by atoms with Gasteiger partial charge in [0, 0.05) is 49.2 Å². The Labute approximate surface area is 215 Å². The molecule has 0 spiro atoms. The Kier molecular flexibility index (Phi) is 8.74. The fourth-order valence-electron chi connectivity index (χ4n) is 4.22. The maximum atomic E-state index is 12.1. The van der Waals surface area contributed by atoms with E-state index in [2.05, 4.69) is 20.4 Å². The Hall–Kier alpha value is -3.11. The number of methoxy groups -OCH3 is 1. The van der Waals surface area contributed by atoms with Crippen LogP contribution in [0.3, 0.4) is 0 Å². The second-order valence-electron chi connectivity index (χ2n) is 7.94. The van der Waals surface area contributed by atoms with Crippen LogP contribution in [0.15, 0.2) is 52.6 Å². The van der Waals surface area contributed by atoms with Crippen molar-refractivity contribution in [3.63, 3.8) is 0 Å². The van der Waals surface area contributed by atoms with Gasteiger partial charge in [-0.2, -0.15) is 0 Å². The summed E-state index contributed by atoms with van der Waals surface area (Å²) in [4.78, 5) is 27.8. The maximum Gasteiger partial charge on any atom is 0.337 e. The van der Waals surface area contributed by atoms with Gasteiger partial charge in [0.25, 0.3) is 0 Å². The third kappa shape index (κ3) is 5.28. The topological polar surface area (TPSA) is 112 Å². The molecule has 0 atom stereocenters. The molecule has 0 aliphatic carbocycles. The van der Waals surface area contributed by atoms with Gasteiger partial charge in [0.15, 0.2) is 5.88 Å². The zero-order valence-electron chi connectivity index (χ0n) is 19.1. The van der Waals surface area contributed by atoms with Crippen molar-refractivity contribution in [2.45, 2.75) is 0 Å². The highest BCUT2D eigenvalue weighted by atomic mass is 35.5. The first-order chi connectivity index (χ1) is 16.2. The number of aromatic hydroxyl groups is 1. The number of esters is 1. The van der Waals surface area contributed by atoms with Gasteiger partial charge in [0.2, 0.25) is 0 Å². The minimum Gasteiger partial charge on any atom is -0.494 e. The van der Waals surface area contributed by atoms with E-state index in [-0.39, 0.29) is 30.7 Å². The number of piperazine rings is 1. The number of hydrogen-bond donors (Lipinski definition) is 3. The van der Waals surface area contributed by atoms with Gasteiger partial charge in [0.1, 0.15) is 18.0 Å². The molecule has 5 rings (SSSR count). The van der Waals surface area contributed by atoms with Crippen molar-refractivity contribution in [2.24, 2.45) is 10.1 Å². The van der Waals surface area contributed by atoms with Crippen LogP contribution in [0, 0.1) is 0 Å². The van der Waals surface area contributed by atoms with Crippen molar-refractivity contribution in [3.8, 4) is 5.88 Å². The normalized spacial score (nSPS) is 16.3. The van der Waals surface area contributed by atoms with Gasteiger partial charge in [-0.3, -0.25) is 4.90 Å². The molecule has 0 amide bonds. The number of hydrogen-bond acceptors (Lipinski definition) is 8. The van der Waals surface area contributed by atoms with E-state index in [0.29, 0.717) is 40.1 Å². The van der Waals surface area contributed by atoms with E-state index in [4.69, 9.17) is 14.6 Å². The molecule has 2 aliphatic heterocycles. The van der Waals surface area contributed by atoms with Gasteiger partial charge < -0.3 is 25.0 Å². The number of rotatable bonds is 6. The number of fused-ring (bicyclic) bond motifs is 2. The minimum atomic E-state index is -0.453. The Morgan fingerprint density at radius 3 is 2.71 bits per heavy atom. The molecule has 35 heavy (non-hydrogen) atoms. The molecule has 3 N–H and O–H groups in total. The number of aromatic amines is 1. The van der Waals surface area contributed by atoms with Crippen molar-refractivity contribution in [1.82, 2.24) is 15.2 Å². The van der Waals surface area contributed by atoms with Crippen molar-refractivity contribution < 1.29 is 19.5 Å². The van der Waals surface area contributed by atoms with Gasteiger partial charge in [-0.1, -0.05) is 23.4 Å². The Balaban J connectivity index is 0.00000171. The first-order valence-electron chi connectivity index (χ1n) is 10.9. The number of ether oxygens (including phenoxy) is 1. The standard InChI is InChI=1S/C24H25N5O4.2ClH/c1-32-24(31)15-6-7-19-17(14-15)20(23(30)27-19)22-21(16-4-2-3-5-18(16)26-22)28-33-13-12-29-10-8-25-9-11-29;;/h2-7,14,25,27,30H,8-13H2,1H3;2*1H/b28-21+;;. The van der Waals surface area contributed by atoms with Crippen molar-refractivity contribution in [1.29, 1.82) is 0 Å². The number of nitrogens with zero attached hydrogens (tertiary/aromatic N) is 3. The number of carbonyl (C=O) groups is 1. The van der Waals surface area contributed by atoms with E-state index in [0.717, 1.165) is 44.0 Å². The summed E-state index contributed by atoms with van der Waals surface area (Å²) in [5.74, 6) is -0.502. The number of oxime groups is 1. The van der Waals surface area contributed by atoms with Crippen molar-refractivity contribution in [2.75, 3.05) is 46.4 Å². The number of H-pyrrole nitrogens is 1. The average molecular weight is 520 g/mol. The Morgan fingerprint density at radius 2 is 1.94 bits per heavy atom. The van der Waals surface area contributed by atoms with E-state index in [1.165, 1.54) is 7.11 Å². The number of aliphatic imine (C=N–C) groups is 1. The predicted octanol–water partition coefficient (Wildman–Crippen LogP) is 3.26. The van der Waals surface area contributed by atoms with Crippen LogP contribution >= 0.6 is 24.8 Å². The number of halogens is 2. The van der Waals surface area contributed by atoms with E-state index in [9.17, 15) is 9.90 Å². The lowest BCUT2D eigenvalue weighted by atomic mass is 10.00. The van der Waals surface area contributed by atoms with Crippen molar-refractivity contribution >= 4 is 58.8 Å². The second kappa shape index (κ2) is 11.5. The molecule has 1 aromatic heterocycles. The molecular weight excluding hydrogens is 493 g/mol. The van der Waals surface area contributed by atoms with Crippen LogP contribution in [0.2, 0.25) is 0 Å². The van der Waals surface area contributed by atoms with Crippen LogP contribution in [0.25, 0.3) is 10.9 Å². The van der Waals surface area contributed by atoms with Gasteiger partial charge in [-0.25, -0.2) is 9.79 Å². The quantitative estimate of drug-likeness (QED) is 0.262. The number of para-hydroxylation sites is 1. The molecule has 3 aromatic rings. The molecule has 2 aromatic carbocycles. The third-order valence-electron chi connectivity index (χ3n) is 5.92. The first kappa shape index (κ1) is 26.5. The minimum absolute atomic E-state index is 0. The van der Waals surface area contributed by atoms with Crippen molar-refractivity contribution in [3.05, 3.63) is 59.2 Å². The van der Waals surface area contributed by atoms with E-state index in [1.54, 1.807) is 18.2 Å². The highest BCUT2D eigenvalue weighted by molar-refractivity contribution is 6.58. The molecule has 186 valence electrons. The van der Waals surface area contributed by atoms with Crippen LogP contribution in [0.5, 0.6) is 5.88 Å². The van der Waals surface area contributed by atoms with Crippen LogP contribution in [0.1, 0.15) is 21.5 Å². The molecule has 11 heteroatoms. The maximum absolute atomic E-state index is 12.1. The summed E-state index contributed by atoms with van der Waals surface area (Å²) in [5, 5.41) is 19.2. The summed E-state index contributed by atoms with van der Waals surface area (Å²) in [5.41, 5.74) is 4.13. The first-order valence-corrected chi connectivity index (χ1v) is 10.9. The molecule has 0 unspecified atom stereocenters. The zero-order chi connectivity index (χ0) is 22.8. The van der Waals surface area contributed by atoms with Gasteiger partial charge in [-0.15, -0.1) is 24.8 Å². The van der Waals surface area contributed by atoms with E-state index >= 15 is 0 Å². The van der Waals surface area contributed by atoms with Crippen LogP contribution < -0.4 is 5.32 Å². The fourth-order valence-corrected chi connectivity index (χ4v) is 4.22. The fraction of sp³-hybridized carbons (Fsp3) is 0.292. The summed E-state index contributed by atoms with van der Waals surface area (Å²) in [7, 11) is 1.34. The highest BCUT2D eigenvalue weighted by Crippen LogP contribution is 2.36. The number of aromatic nitrogens is 1. The predicted molar refractivity (Wildman–Crippen MR) is 140 cm³/mol. The Bertz CT molecular complexity index is 1270. The monoisotopic (exact) mass is 519 g/mol. The number of carbonyl (C=O) groups excluding carboxylic acids is 1. The molecule has 0 bridgehead atoms. The summed E-state index contributed by atoms with van der Waals surface area (Å²) < 4.78 is 4.85. The smallest absolute Gasteiger partial charge is 0.337 e. The van der Waals surface area contributed by atoms with Crippen LogP contribution in [-0.4, -0.2) is 78.8 Å². The molecule has 9 nitrogen and oxygen atoms in total. The molecular formula is C24H27Cl2N5O4. The summed E-state index contributed by atoms with van der Waals surface area (Å²) in [6, 6.07) is 12.7. The molecule has 0 saturated carbocycles. The lowest BCUT2D eigenvalue weighted by Crippen LogP contribution is -2.44. The van der Waals surface area contributed by atoms with E-state index < -0.39 is 5.97 Å². The highest BCUT2D eigenvalue weighted by Gasteiger charge is 2.29. The summed E-state index contributed by atoms with van der Waals surface area (Å²) in [6.07, 6.45) is 0. The van der Waals surface area contributed by atoms with Crippen LogP contribution in [-0.2, 0) is 9.57 Å². The molecule has 2 aliphatic rings. The van der Waals surface area contributed by atoms with Gasteiger partial charge in [-0.05, 0) is 24.3 Å². The Morgan fingerprint density at radius 1 is 1.17 bits per heavy atom. The lowest BCUT2D eigenvalue weighted by Gasteiger charge is -2.26. The SMILES string of the molecule is COC(=O)c1ccc2[nH]c(O)c(C3=Nc4ccccc4/C3=N\OCCN3CCNCC3)c2c1.Cl.Cl. The summed E-state index contributed by atoms with van der Waals surface area (Å²) in [6.45, 7) is 5.17. The molecule has 1 saturated heterocycles. The summed E-state index contributed by atoms with van der Waals surface area (Å²) >= 11 is 0. The molecule has 0 radical (unpaired) electrons. The average Bonchev–Trinajstić information content (AvgIpc) is 3.37. The zero-order valence-corrected chi connectivity index (χ0v) is 20.7. The number of benzene rings is 2.